The summed E-state index contributed by atoms with van der Waals surface area (Å²) >= 11 is 5.94. The quantitative estimate of drug-likeness (QED) is 0.855. The number of hydrogen-bond acceptors (Lipinski definition) is 6. The van der Waals surface area contributed by atoms with Gasteiger partial charge in [-0.2, -0.15) is 10.1 Å². The summed E-state index contributed by atoms with van der Waals surface area (Å²) in [4.78, 5) is 6.48. The van der Waals surface area contributed by atoms with E-state index in [9.17, 15) is 0 Å². The highest BCUT2D eigenvalue weighted by atomic mass is 35.5. The van der Waals surface area contributed by atoms with Crippen LogP contribution in [0.4, 0.5) is 17.5 Å². The average Bonchev–Trinajstić information content (AvgIpc) is 2.42. The van der Waals surface area contributed by atoms with Crippen LogP contribution in [0.1, 0.15) is 5.56 Å². The molecule has 0 aliphatic rings. The van der Waals surface area contributed by atoms with E-state index in [1.807, 2.05) is 39.2 Å². The van der Waals surface area contributed by atoms with Crippen molar-refractivity contribution in [2.45, 2.75) is 6.92 Å². The maximum Gasteiger partial charge on any atom is 0.249 e. The van der Waals surface area contributed by atoms with Crippen LogP contribution in [0.15, 0.2) is 24.4 Å². The first-order valence-corrected chi connectivity index (χ1v) is 7.04. The SMILES string of the molecule is Cc1cc(Cl)ccc1Nc1nncc(NCCN(C)C)n1. The van der Waals surface area contributed by atoms with Crippen molar-refractivity contribution in [1.29, 1.82) is 0 Å². The smallest absolute Gasteiger partial charge is 0.249 e. The molecule has 1 aromatic carbocycles. The van der Waals surface area contributed by atoms with Gasteiger partial charge in [0.15, 0.2) is 5.82 Å². The zero-order valence-corrected chi connectivity index (χ0v) is 13.1. The Morgan fingerprint density at radius 2 is 2.10 bits per heavy atom. The van der Waals surface area contributed by atoms with Gasteiger partial charge in [0.2, 0.25) is 5.95 Å². The van der Waals surface area contributed by atoms with Gasteiger partial charge in [-0.1, -0.05) is 11.6 Å². The minimum absolute atomic E-state index is 0.454. The highest BCUT2D eigenvalue weighted by Gasteiger charge is 2.04. The molecule has 21 heavy (non-hydrogen) atoms. The van der Waals surface area contributed by atoms with Crippen LogP contribution in [0.25, 0.3) is 0 Å². The second-order valence-electron chi connectivity index (χ2n) is 4.98. The molecular formula is C14H19ClN6. The second-order valence-corrected chi connectivity index (χ2v) is 5.42. The van der Waals surface area contributed by atoms with Gasteiger partial charge in [0.1, 0.15) is 0 Å². The fraction of sp³-hybridized carbons (Fsp3) is 0.357. The van der Waals surface area contributed by atoms with Gasteiger partial charge < -0.3 is 15.5 Å². The Morgan fingerprint density at radius 1 is 1.29 bits per heavy atom. The monoisotopic (exact) mass is 306 g/mol. The van der Waals surface area contributed by atoms with Crippen molar-refractivity contribution in [2.24, 2.45) is 0 Å². The van der Waals surface area contributed by atoms with E-state index in [0.717, 1.165) is 24.3 Å². The number of benzene rings is 1. The second kappa shape index (κ2) is 7.19. The molecule has 112 valence electrons. The maximum absolute atomic E-state index is 5.94. The van der Waals surface area contributed by atoms with Gasteiger partial charge in [0.05, 0.1) is 6.20 Å². The summed E-state index contributed by atoms with van der Waals surface area (Å²) in [7, 11) is 4.05. The molecule has 0 spiro atoms. The molecule has 6 nitrogen and oxygen atoms in total. The Labute approximate surface area is 129 Å². The van der Waals surface area contributed by atoms with Gasteiger partial charge in [-0.25, -0.2) is 0 Å². The van der Waals surface area contributed by atoms with E-state index in [1.165, 1.54) is 0 Å². The molecule has 1 aromatic heterocycles. The summed E-state index contributed by atoms with van der Waals surface area (Å²) in [6, 6.07) is 5.60. The van der Waals surface area contributed by atoms with Gasteiger partial charge in [-0.3, -0.25) is 0 Å². The van der Waals surface area contributed by atoms with Gasteiger partial charge in [-0.15, -0.1) is 5.10 Å². The molecule has 0 aliphatic heterocycles. The van der Waals surface area contributed by atoms with E-state index >= 15 is 0 Å². The first-order valence-electron chi connectivity index (χ1n) is 6.66. The number of aromatic nitrogens is 3. The summed E-state index contributed by atoms with van der Waals surface area (Å²) in [6.07, 6.45) is 1.61. The number of aryl methyl sites for hydroxylation is 1. The van der Waals surface area contributed by atoms with Crippen LogP contribution in [0.3, 0.4) is 0 Å². The number of nitrogens with one attached hydrogen (secondary N) is 2. The molecule has 0 radical (unpaired) electrons. The van der Waals surface area contributed by atoms with Gasteiger partial charge in [0.25, 0.3) is 0 Å². The van der Waals surface area contributed by atoms with E-state index in [0.29, 0.717) is 16.8 Å². The van der Waals surface area contributed by atoms with Crippen molar-refractivity contribution in [1.82, 2.24) is 20.1 Å². The van der Waals surface area contributed by atoms with Crippen molar-refractivity contribution < 1.29 is 0 Å². The molecule has 0 fully saturated rings. The van der Waals surface area contributed by atoms with Crippen LogP contribution in [0, 0.1) is 6.92 Å². The lowest BCUT2D eigenvalue weighted by Gasteiger charge is -2.11. The van der Waals surface area contributed by atoms with E-state index in [4.69, 9.17) is 11.6 Å². The molecule has 0 atom stereocenters. The number of rotatable bonds is 6. The van der Waals surface area contributed by atoms with Gasteiger partial charge >= 0.3 is 0 Å². The molecule has 0 bridgehead atoms. The maximum atomic E-state index is 5.94. The first-order chi connectivity index (χ1) is 10.0. The van der Waals surface area contributed by atoms with Crippen LogP contribution >= 0.6 is 11.6 Å². The number of anilines is 3. The molecule has 2 N–H and O–H groups in total. The van der Waals surface area contributed by atoms with E-state index < -0.39 is 0 Å². The molecule has 2 aromatic rings. The van der Waals surface area contributed by atoms with Gasteiger partial charge in [0, 0.05) is 23.8 Å². The third kappa shape index (κ3) is 4.84. The summed E-state index contributed by atoms with van der Waals surface area (Å²) in [5, 5.41) is 15.0. The van der Waals surface area contributed by atoms with E-state index in [1.54, 1.807) is 6.20 Å². The zero-order chi connectivity index (χ0) is 15.2. The minimum Gasteiger partial charge on any atom is -0.367 e. The molecule has 7 heteroatoms. The molecule has 1 heterocycles. The average molecular weight is 307 g/mol. The van der Waals surface area contributed by atoms with Crippen molar-refractivity contribution in [3.63, 3.8) is 0 Å². The Morgan fingerprint density at radius 3 is 2.81 bits per heavy atom. The molecular weight excluding hydrogens is 288 g/mol. The lowest BCUT2D eigenvalue weighted by molar-refractivity contribution is 0.425. The topological polar surface area (TPSA) is 66.0 Å². The standard InChI is InChI=1S/C14H19ClN6/c1-10-8-11(15)4-5-12(10)18-14-19-13(9-17-20-14)16-6-7-21(2)3/h4-5,8-9H,6-7H2,1-3H3,(H2,16,18,19,20). The van der Waals surface area contributed by atoms with Crippen LogP contribution in [-0.4, -0.2) is 47.3 Å². The van der Waals surface area contributed by atoms with Gasteiger partial charge in [-0.05, 0) is 44.8 Å². The molecule has 0 saturated heterocycles. The molecule has 0 unspecified atom stereocenters. The van der Waals surface area contributed by atoms with Crippen LogP contribution in [0.5, 0.6) is 0 Å². The van der Waals surface area contributed by atoms with Crippen molar-refractivity contribution >= 4 is 29.1 Å². The number of likely N-dealkylation sites (N-methyl/N-ethyl adjacent to an activating group) is 1. The van der Waals surface area contributed by atoms with Crippen molar-refractivity contribution in [3.05, 3.63) is 35.0 Å². The lowest BCUT2D eigenvalue weighted by atomic mass is 10.2. The molecule has 0 aliphatic carbocycles. The van der Waals surface area contributed by atoms with Crippen LogP contribution in [0.2, 0.25) is 5.02 Å². The lowest BCUT2D eigenvalue weighted by Crippen LogP contribution is -2.21. The number of hydrogen-bond donors (Lipinski definition) is 2. The molecule has 0 saturated carbocycles. The number of nitrogens with zero attached hydrogens (tertiary/aromatic N) is 4. The Balaban J connectivity index is 2.03. The van der Waals surface area contributed by atoms with Crippen LogP contribution in [-0.2, 0) is 0 Å². The predicted octanol–water partition coefficient (Wildman–Crippen LogP) is 2.55. The van der Waals surface area contributed by atoms with Crippen molar-refractivity contribution in [2.75, 3.05) is 37.8 Å². The first kappa shape index (κ1) is 15.5. The van der Waals surface area contributed by atoms with Crippen molar-refractivity contribution in [3.8, 4) is 0 Å². The highest BCUT2D eigenvalue weighted by Crippen LogP contribution is 2.21. The fourth-order valence-electron chi connectivity index (χ4n) is 1.74. The Hall–Kier alpha value is -1.92. The summed E-state index contributed by atoms with van der Waals surface area (Å²) in [6.45, 7) is 3.69. The highest BCUT2D eigenvalue weighted by molar-refractivity contribution is 6.30. The van der Waals surface area contributed by atoms with Crippen LogP contribution < -0.4 is 10.6 Å². The number of halogens is 1. The van der Waals surface area contributed by atoms with E-state index in [-0.39, 0.29) is 0 Å². The Bertz CT molecular complexity index is 602. The van der Waals surface area contributed by atoms with E-state index in [2.05, 4.69) is 30.7 Å². The third-order valence-corrected chi connectivity index (χ3v) is 3.09. The summed E-state index contributed by atoms with van der Waals surface area (Å²) in [5.74, 6) is 1.15. The molecule has 2 rings (SSSR count). The zero-order valence-electron chi connectivity index (χ0n) is 12.4. The Kier molecular flexibility index (Phi) is 5.30. The minimum atomic E-state index is 0.454. The summed E-state index contributed by atoms with van der Waals surface area (Å²) < 4.78 is 0. The third-order valence-electron chi connectivity index (χ3n) is 2.86. The largest absolute Gasteiger partial charge is 0.367 e. The summed E-state index contributed by atoms with van der Waals surface area (Å²) in [5.41, 5.74) is 1.93. The fourth-order valence-corrected chi connectivity index (χ4v) is 1.96. The molecule has 0 amide bonds. The predicted molar refractivity (Wildman–Crippen MR) is 86.3 cm³/mol. The normalized spacial score (nSPS) is 10.7.